The van der Waals surface area contributed by atoms with Gasteiger partial charge < -0.3 is 10.6 Å². The lowest BCUT2D eigenvalue weighted by Crippen LogP contribution is -2.49. The molecule has 0 aromatic carbocycles. The highest BCUT2D eigenvalue weighted by molar-refractivity contribution is 7.91. The molecule has 0 spiro atoms. The van der Waals surface area contributed by atoms with E-state index >= 15 is 0 Å². The van der Waals surface area contributed by atoms with Crippen molar-refractivity contribution in [3.05, 3.63) is 0 Å². The zero-order chi connectivity index (χ0) is 14.9. The Kier molecular flexibility index (Phi) is 4.55. The number of nitrogens with two attached hydrogens (primary N) is 1. The van der Waals surface area contributed by atoms with E-state index in [0.29, 0.717) is 11.0 Å². The van der Waals surface area contributed by atoms with Crippen molar-refractivity contribution in [3.63, 3.8) is 0 Å². The lowest BCUT2D eigenvalue weighted by molar-refractivity contribution is 0.209. The minimum atomic E-state index is -3.33. The molecule has 0 radical (unpaired) electrons. The molecule has 0 unspecified atom stereocenters. The summed E-state index contributed by atoms with van der Waals surface area (Å²) in [5.74, 6) is 0.187. The average Bonchev–Trinajstić information content (AvgIpc) is 2.81. The Hall–Kier alpha value is -0.860. The first-order valence-electron chi connectivity index (χ1n) is 6.83. The Morgan fingerprint density at radius 3 is 2.40 bits per heavy atom. The smallest absolute Gasteiger partial charge is 0.184 e. The predicted octanol–water partition coefficient (Wildman–Crippen LogP) is 1.05. The maximum Gasteiger partial charge on any atom is 0.184 e. The molecule has 1 aliphatic heterocycles. The lowest BCUT2D eigenvalue weighted by atomic mass is 10.2. The summed E-state index contributed by atoms with van der Waals surface area (Å²) in [6.07, 6.45) is 0. The summed E-state index contributed by atoms with van der Waals surface area (Å²) in [4.78, 5) is 4.70. The van der Waals surface area contributed by atoms with Crippen LogP contribution in [0.3, 0.4) is 0 Å². The van der Waals surface area contributed by atoms with E-state index in [1.807, 2.05) is 0 Å². The third kappa shape index (κ3) is 2.91. The molecule has 1 saturated heterocycles. The molecule has 0 atom stereocenters. The molecule has 1 aromatic heterocycles. The molecule has 1 aliphatic rings. The zero-order valence-electron chi connectivity index (χ0n) is 12.2. The monoisotopic (exact) mass is 318 g/mol. The second-order valence-electron chi connectivity index (χ2n) is 5.22. The van der Waals surface area contributed by atoms with Gasteiger partial charge >= 0.3 is 0 Å². The minimum absolute atomic E-state index is 0.0502. The van der Waals surface area contributed by atoms with Gasteiger partial charge in [-0.1, -0.05) is 6.92 Å². The van der Waals surface area contributed by atoms with Crippen molar-refractivity contribution >= 4 is 32.2 Å². The second-order valence-corrected chi connectivity index (χ2v) is 8.19. The van der Waals surface area contributed by atoms with Gasteiger partial charge in [-0.25, -0.2) is 8.42 Å². The Morgan fingerprint density at radius 2 is 1.90 bits per heavy atom. The summed E-state index contributed by atoms with van der Waals surface area (Å²) in [5, 5.41) is 0.702. The number of hydrogen-bond donors (Lipinski definition) is 1. The number of hydrogen-bond acceptors (Lipinski definition) is 7. The van der Waals surface area contributed by atoms with Crippen molar-refractivity contribution in [2.45, 2.75) is 31.7 Å². The number of nitrogens with zero attached hydrogens (tertiary/aromatic N) is 3. The van der Waals surface area contributed by atoms with Crippen LogP contribution in [0.25, 0.3) is 0 Å². The minimum Gasteiger partial charge on any atom is -0.382 e. The van der Waals surface area contributed by atoms with Crippen LogP contribution in [-0.2, 0) is 9.84 Å². The van der Waals surface area contributed by atoms with Crippen LogP contribution in [0.15, 0.2) is 4.90 Å². The van der Waals surface area contributed by atoms with Crippen LogP contribution >= 0.6 is 11.5 Å². The van der Waals surface area contributed by atoms with Gasteiger partial charge in [-0.15, -0.1) is 0 Å². The third-order valence-electron chi connectivity index (χ3n) is 3.68. The van der Waals surface area contributed by atoms with Crippen LogP contribution in [0.1, 0.15) is 20.8 Å². The Balaban J connectivity index is 2.24. The topological polar surface area (TPSA) is 79.5 Å². The van der Waals surface area contributed by atoms with Crippen molar-refractivity contribution in [3.8, 4) is 0 Å². The molecule has 0 amide bonds. The summed E-state index contributed by atoms with van der Waals surface area (Å²) < 4.78 is 28.4. The van der Waals surface area contributed by atoms with Gasteiger partial charge in [-0.05, 0) is 25.4 Å². The highest BCUT2D eigenvalue weighted by Gasteiger charge is 2.29. The maximum atomic E-state index is 12.2. The van der Waals surface area contributed by atoms with Gasteiger partial charge in [-0.3, -0.25) is 4.90 Å². The molecule has 2 N–H and O–H groups in total. The molecule has 2 heterocycles. The number of aromatic nitrogens is 1. The van der Waals surface area contributed by atoms with E-state index < -0.39 is 9.84 Å². The molecule has 1 aromatic rings. The molecule has 0 aliphatic carbocycles. The fourth-order valence-corrected chi connectivity index (χ4v) is 4.72. The third-order valence-corrected chi connectivity index (χ3v) is 6.52. The Labute approximate surface area is 124 Å². The van der Waals surface area contributed by atoms with Gasteiger partial charge in [0, 0.05) is 32.2 Å². The van der Waals surface area contributed by atoms with Gasteiger partial charge in [-0.2, -0.15) is 4.37 Å². The van der Waals surface area contributed by atoms with E-state index in [-0.39, 0.29) is 16.5 Å². The molecule has 1 fully saturated rings. The molecular formula is C12H22N4O2S2. The van der Waals surface area contributed by atoms with Gasteiger partial charge in [0.15, 0.2) is 15.7 Å². The molecule has 0 bridgehead atoms. The van der Waals surface area contributed by atoms with Crippen molar-refractivity contribution in [1.29, 1.82) is 0 Å². The van der Waals surface area contributed by atoms with Crippen LogP contribution in [0.2, 0.25) is 0 Å². The van der Waals surface area contributed by atoms with Gasteiger partial charge in [0.25, 0.3) is 0 Å². The SMILES string of the molecule is CCS(=O)(=O)c1c(N)nsc1N1CCN(C(C)C)CC1. The van der Waals surface area contributed by atoms with Gasteiger partial charge in [0.2, 0.25) is 0 Å². The van der Waals surface area contributed by atoms with Crippen LogP contribution in [0, 0.1) is 0 Å². The molecule has 6 nitrogen and oxygen atoms in total. The van der Waals surface area contributed by atoms with Crippen molar-refractivity contribution in [2.75, 3.05) is 42.6 Å². The average molecular weight is 318 g/mol. The maximum absolute atomic E-state index is 12.2. The predicted molar refractivity (Wildman–Crippen MR) is 83.2 cm³/mol. The molecule has 114 valence electrons. The number of rotatable bonds is 4. The Bertz CT molecular complexity index is 560. The lowest BCUT2D eigenvalue weighted by Gasteiger charge is -2.37. The second kappa shape index (κ2) is 5.87. The largest absolute Gasteiger partial charge is 0.382 e. The molecule has 8 heteroatoms. The van der Waals surface area contributed by atoms with Crippen LogP contribution in [0.4, 0.5) is 10.8 Å². The number of piperazine rings is 1. The van der Waals surface area contributed by atoms with E-state index in [9.17, 15) is 8.42 Å². The van der Waals surface area contributed by atoms with Crippen molar-refractivity contribution < 1.29 is 8.42 Å². The van der Waals surface area contributed by atoms with Crippen molar-refractivity contribution in [2.24, 2.45) is 0 Å². The Morgan fingerprint density at radius 1 is 1.30 bits per heavy atom. The van der Waals surface area contributed by atoms with E-state index in [4.69, 9.17) is 5.73 Å². The first-order chi connectivity index (χ1) is 9.36. The van der Waals surface area contributed by atoms with Gasteiger partial charge in [0.1, 0.15) is 9.90 Å². The highest BCUT2D eigenvalue weighted by Crippen LogP contribution is 2.35. The summed E-state index contributed by atoms with van der Waals surface area (Å²) in [5.41, 5.74) is 5.77. The molecule has 2 rings (SSSR count). The summed E-state index contributed by atoms with van der Waals surface area (Å²) in [7, 11) is -3.33. The number of sulfone groups is 1. The first-order valence-corrected chi connectivity index (χ1v) is 9.26. The molecular weight excluding hydrogens is 296 g/mol. The quantitative estimate of drug-likeness (QED) is 0.894. The fourth-order valence-electron chi connectivity index (χ4n) is 2.36. The summed E-state index contributed by atoms with van der Waals surface area (Å²) in [6, 6.07) is 0.516. The van der Waals surface area contributed by atoms with Gasteiger partial charge in [0.05, 0.1) is 5.75 Å². The highest BCUT2D eigenvalue weighted by atomic mass is 32.2. The van der Waals surface area contributed by atoms with Crippen LogP contribution in [0.5, 0.6) is 0 Å². The van der Waals surface area contributed by atoms with E-state index in [0.717, 1.165) is 26.2 Å². The van der Waals surface area contributed by atoms with Crippen LogP contribution < -0.4 is 10.6 Å². The number of anilines is 2. The standard InChI is InChI=1S/C12H22N4O2S2/c1-4-20(17,18)10-11(13)14-19-12(10)16-7-5-15(6-8-16)9(2)3/h9H,4-8H2,1-3H3,(H2,13,14). The number of nitrogen functional groups attached to an aromatic ring is 1. The normalized spacial score (nSPS) is 17.9. The summed E-state index contributed by atoms with van der Waals surface area (Å²) in [6.45, 7) is 9.47. The fraction of sp³-hybridized carbons (Fsp3) is 0.750. The first kappa shape index (κ1) is 15.5. The zero-order valence-corrected chi connectivity index (χ0v) is 13.8. The summed E-state index contributed by atoms with van der Waals surface area (Å²) >= 11 is 1.19. The van der Waals surface area contributed by atoms with E-state index in [1.54, 1.807) is 6.92 Å². The van der Waals surface area contributed by atoms with E-state index in [1.165, 1.54) is 11.5 Å². The van der Waals surface area contributed by atoms with E-state index in [2.05, 4.69) is 28.0 Å². The molecule has 0 saturated carbocycles. The van der Waals surface area contributed by atoms with Crippen molar-refractivity contribution in [1.82, 2.24) is 9.27 Å². The molecule has 20 heavy (non-hydrogen) atoms. The van der Waals surface area contributed by atoms with Crippen LogP contribution in [-0.4, -0.2) is 55.7 Å².